The third-order valence-corrected chi connectivity index (χ3v) is 4.53. The molecular weight excluding hydrogens is 348 g/mol. The lowest BCUT2D eigenvalue weighted by atomic mass is 10.1. The smallest absolute Gasteiger partial charge is 0.260 e. The highest BCUT2D eigenvalue weighted by atomic mass is 16.5. The van der Waals surface area contributed by atoms with E-state index in [1.165, 1.54) is 6.33 Å². The monoisotopic (exact) mass is 368 g/mol. The number of benzene rings is 1. The number of morpholine rings is 1. The van der Waals surface area contributed by atoms with E-state index >= 15 is 0 Å². The molecule has 0 atom stereocenters. The van der Waals surface area contributed by atoms with Crippen LogP contribution in [-0.4, -0.2) is 49.3 Å². The predicted molar refractivity (Wildman–Crippen MR) is 101 cm³/mol. The van der Waals surface area contributed by atoms with Gasteiger partial charge in [0.15, 0.2) is 0 Å². The largest absolute Gasteiger partial charge is 0.497 e. The quantitative estimate of drug-likeness (QED) is 0.757. The summed E-state index contributed by atoms with van der Waals surface area (Å²) in [6.45, 7) is 4.41. The second-order valence-corrected chi connectivity index (χ2v) is 6.19. The highest BCUT2D eigenvalue weighted by molar-refractivity contribution is 6.15. The summed E-state index contributed by atoms with van der Waals surface area (Å²) in [5.74, 6) is 1.66. The van der Waals surface area contributed by atoms with Gasteiger partial charge < -0.3 is 24.1 Å². The molecule has 0 saturated carbocycles. The van der Waals surface area contributed by atoms with Crippen LogP contribution in [-0.2, 0) is 4.74 Å². The number of anilines is 2. The fraction of sp³-hybridized carbons (Fsp3) is 0.316. The number of carbonyl (C=O) groups excluding carboxylic acids is 1. The molecule has 3 heterocycles. The zero-order chi connectivity index (χ0) is 18.8. The molecular formula is C19H20N4O4. The molecule has 0 spiro atoms. The first kappa shape index (κ1) is 17.3. The first-order valence-corrected chi connectivity index (χ1v) is 8.69. The van der Waals surface area contributed by atoms with E-state index in [9.17, 15) is 4.79 Å². The van der Waals surface area contributed by atoms with Crippen LogP contribution < -0.4 is 15.0 Å². The second-order valence-electron chi connectivity index (χ2n) is 6.19. The number of ether oxygens (including phenoxy) is 2. The van der Waals surface area contributed by atoms with Crippen molar-refractivity contribution in [3.8, 4) is 5.75 Å². The van der Waals surface area contributed by atoms with E-state index in [-0.39, 0.29) is 5.91 Å². The van der Waals surface area contributed by atoms with Gasteiger partial charge in [0.05, 0.1) is 31.3 Å². The second kappa shape index (κ2) is 7.24. The Bertz CT molecular complexity index is 962. The number of amides is 1. The highest BCUT2D eigenvalue weighted by Gasteiger charge is 2.26. The number of aryl methyl sites for hydroxylation is 1. The zero-order valence-electron chi connectivity index (χ0n) is 15.2. The van der Waals surface area contributed by atoms with Crippen molar-refractivity contribution in [2.45, 2.75) is 6.92 Å². The zero-order valence-corrected chi connectivity index (χ0v) is 15.2. The summed E-state index contributed by atoms with van der Waals surface area (Å²) in [5.41, 5.74) is 1.52. The molecule has 1 aliphatic rings. The molecule has 140 valence electrons. The van der Waals surface area contributed by atoms with Gasteiger partial charge >= 0.3 is 0 Å². The molecule has 8 nitrogen and oxygen atoms in total. The number of methoxy groups -OCH3 is 1. The van der Waals surface area contributed by atoms with Crippen LogP contribution in [0.5, 0.6) is 5.75 Å². The molecule has 1 aromatic carbocycles. The number of carbonyl (C=O) groups is 1. The summed E-state index contributed by atoms with van der Waals surface area (Å²) in [7, 11) is 1.60. The normalized spacial score (nSPS) is 14.4. The Balaban J connectivity index is 1.71. The summed E-state index contributed by atoms with van der Waals surface area (Å²) in [6.07, 6.45) is 1.46. The Hall–Kier alpha value is -3.13. The first-order valence-electron chi connectivity index (χ1n) is 8.69. The predicted octanol–water partition coefficient (Wildman–Crippen LogP) is 2.63. The van der Waals surface area contributed by atoms with Crippen LogP contribution in [0.4, 0.5) is 11.5 Å². The van der Waals surface area contributed by atoms with Crippen molar-refractivity contribution in [1.82, 2.24) is 9.97 Å². The number of hydrogen-bond acceptors (Lipinski definition) is 7. The van der Waals surface area contributed by atoms with Crippen molar-refractivity contribution in [3.05, 3.63) is 41.9 Å². The molecule has 1 aliphatic heterocycles. The molecule has 3 aromatic rings. The topological polar surface area (TPSA) is 89.7 Å². The minimum atomic E-state index is -0.263. The summed E-state index contributed by atoms with van der Waals surface area (Å²) in [6, 6.07) is 7.15. The molecule has 1 amide bonds. The van der Waals surface area contributed by atoms with Gasteiger partial charge in [0.2, 0.25) is 5.71 Å². The van der Waals surface area contributed by atoms with Gasteiger partial charge in [-0.15, -0.1) is 0 Å². The van der Waals surface area contributed by atoms with Crippen LogP contribution in [0.3, 0.4) is 0 Å². The molecule has 8 heteroatoms. The van der Waals surface area contributed by atoms with Crippen LogP contribution in [0.2, 0.25) is 0 Å². The Morgan fingerprint density at radius 2 is 1.93 bits per heavy atom. The van der Waals surface area contributed by atoms with Crippen molar-refractivity contribution in [3.63, 3.8) is 0 Å². The minimum absolute atomic E-state index is 0.263. The third-order valence-electron chi connectivity index (χ3n) is 4.53. The van der Waals surface area contributed by atoms with E-state index in [1.54, 1.807) is 38.3 Å². The van der Waals surface area contributed by atoms with Crippen molar-refractivity contribution >= 4 is 28.5 Å². The van der Waals surface area contributed by atoms with E-state index < -0.39 is 0 Å². The van der Waals surface area contributed by atoms with Gasteiger partial charge in [0.1, 0.15) is 23.7 Å². The van der Waals surface area contributed by atoms with Crippen molar-refractivity contribution < 1.29 is 18.7 Å². The Morgan fingerprint density at radius 3 is 2.63 bits per heavy atom. The molecule has 0 aliphatic carbocycles. The van der Waals surface area contributed by atoms with Crippen LogP contribution in [0.25, 0.3) is 11.1 Å². The van der Waals surface area contributed by atoms with Gasteiger partial charge in [-0.1, -0.05) is 0 Å². The van der Waals surface area contributed by atoms with Crippen molar-refractivity contribution in [2.75, 3.05) is 43.6 Å². The number of rotatable bonds is 4. The van der Waals surface area contributed by atoms with Gasteiger partial charge in [-0.2, -0.15) is 0 Å². The minimum Gasteiger partial charge on any atom is -0.497 e. The molecule has 1 saturated heterocycles. The molecule has 27 heavy (non-hydrogen) atoms. The van der Waals surface area contributed by atoms with Crippen molar-refractivity contribution in [1.29, 1.82) is 0 Å². The lowest BCUT2D eigenvalue weighted by molar-refractivity contribution is 0.102. The maximum atomic E-state index is 13.0. The average molecular weight is 368 g/mol. The SMILES string of the molecule is COc1ccc(NC(=O)c2c(C)oc3ncnc(N4CCOCC4)c23)cc1. The van der Waals surface area contributed by atoms with Crippen LogP contribution in [0.1, 0.15) is 16.1 Å². The van der Waals surface area contributed by atoms with Gasteiger partial charge in [-0.05, 0) is 31.2 Å². The first-order chi connectivity index (χ1) is 13.2. The standard InChI is InChI=1S/C19H20N4O4/c1-12-15(18(24)22-13-3-5-14(25-2)6-4-13)16-17(20-11-21-19(16)27-12)23-7-9-26-10-8-23/h3-6,11H,7-10H2,1-2H3,(H,22,24). The Morgan fingerprint density at radius 1 is 1.19 bits per heavy atom. The van der Waals surface area contributed by atoms with Crippen LogP contribution in [0.15, 0.2) is 35.0 Å². The average Bonchev–Trinajstić information content (AvgIpc) is 3.05. The number of hydrogen-bond donors (Lipinski definition) is 1. The summed E-state index contributed by atoms with van der Waals surface area (Å²) in [4.78, 5) is 23.7. The fourth-order valence-electron chi connectivity index (χ4n) is 3.19. The summed E-state index contributed by atoms with van der Waals surface area (Å²) >= 11 is 0. The van der Waals surface area contributed by atoms with Crippen LogP contribution in [0, 0.1) is 6.92 Å². The lowest BCUT2D eigenvalue weighted by Crippen LogP contribution is -2.37. The number of aromatic nitrogens is 2. The number of nitrogens with one attached hydrogen (secondary N) is 1. The van der Waals surface area contributed by atoms with Crippen LogP contribution >= 0.6 is 0 Å². The van der Waals surface area contributed by atoms with Gasteiger partial charge in [0, 0.05) is 18.8 Å². The Labute approximate surface area is 156 Å². The van der Waals surface area contributed by atoms with Crippen molar-refractivity contribution in [2.24, 2.45) is 0 Å². The highest BCUT2D eigenvalue weighted by Crippen LogP contribution is 2.32. The molecule has 1 N–H and O–H groups in total. The summed E-state index contributed by atoms with van der Waals surface area (Å²) in [5, 5.41) is 3.53. The summed E-state index contributed by atoms with van der Waals surface area (Å²) < 4.78 is 16.3. The van der Waals surface area contributed by atoms with E-state index in [0.717, 1.165) is 5.75 Å². The molecule has 1 fully saturated rings. The van der Waals surface area contributed by atoms with Gasteiger partial charge in [-0.25, -0.2) is 9.97 Å². The third kappa shape index (κ3) is 3.31. The lowest BCUT2D eigenvalue weighted by Gasteiger charge is -2.28. The Kier molecular flexibility index (Phi) is 4.64. The molecule has 0 radical (unpaired) electrons. The number of nitrogens with zero attached hydrogens (tertiary/aromatic N) is 3. The molecule has 2 aromatic heterocycles. The maximum Gasteiger partial charge on any atom is 0.260 e. The van der Waals surface area contributed by atoms with E-state index in [4.69, 9.17) is 13.9 Å². The van der Waals surface area contributed by atoms with E-state index in [0.29, 0.717) is 60.2 Å². The maximum absolute atomic E-state index is 13.0. The molecule has 0 bridgehead atoms. The van der Waals surface area contributed by atoms with E-state index in [2.05, 4.69) is 20.2 Å². The molecule has 4 rings (SSSR count). The van der Waals surface area contributed by atoms with E-state index in [1.807, 2.05) is 0 Å². The van der Waals surface area contributed by atoms with Gasteiger partial charge in [-0.3, -0.25) is 4.79 Å². The number of fused-ring (bicyclic) bond motifs is 1. The number of furan rings is 1. The fourth-order valence-corrected chi connectivity index (χ4v) is 3.19. The molecule has 0 unspecified atom stereocenters. The van der Waals surface area contributed by atoms with Gasteiger partial charge in [0.25, 0.3) is 5.91 Å².